The highest BCUT2D eigenvalue weighted by Crippen LogP contribution is 2.31. The van der Waals surface area contributed by atoms with Gasteiger partial charge in [-0.3, -0.25) is 9.59 Å². The predicted octanol–water partition coefficient (Wildman–Crippen LogP) is 3.58. The number of amides is 1. The molecule has 2 aromatic rings. The third-order valence-electron chi connectivity index (χ3n) is 5.50. The molecular formula is C23H27ClN2O6S. The maximum absolute atomic E-state index is 13.0. The molecule has 1 fully saturated rings. The number of rotatable bonds is 9. The van der Waals surface area contributed by atoms with Gasteiger partial charge >= 0.3 is 5.97 Å². The first kappa shape index (κ1) is 25.0. The van der Waals surface area contributed by atoms with Crippen LogP contribution in [0.4, 0.5) is 0 Å². The number of hydrogen-bond donors (Lipinski definition) is 3. The molecule has 0 aromatic heterocycles. The Kier molecular flexibility index (Phi) is 8.34. The molecule has 0 bridgehead atoms. The van der Waals surface area contributed by atoms with Crippen LogP contribution in [0, 0.1) is 6.92 Å². The molecule has 3 N–H and O–H groups in total. The summed E-state index contributed by atoms with van der Waals surface area (Å²) >= 11 is 6.19. The third kappa shape index (κ3) is 6.69. The Morgan fingerprint density at radius 1 is 1.15 bits per heavy atom. The molecule has 0 aliphatic heterocycles. The fourth-order valence-electron chi connectivity index (χ4n) is 3.78. The van der Waals surface area contributed by atoms with Crippen molar-refractivity contribution in [3.05, 3.63) is 58.6 Å². The fraction of sp³-hybridized carbons (Fsp3) is 0.391. The van der Waals surface area contributed by atoms with Crippen molar-refractivity contribution < 1.29 is 27.9 Å². The first-order valence-corrected chi connectivity index (χ1v) is 12.6. The van der Waals surface area contributed by atoms with Crippen molar-refractivity contribution in [2.24, 2.45) is 0 Å². The third-order valence-corrected chi connectivity index (χ3v) is 7.39. The summed E-state index contributed by atoms with van der Waals surface area (Å²) in [6, 6.07) is 9.19. The van der Waals surface area contributed by atoms with Crippen molar-refractivity contribution in [2.75, 3.05) is 6.61 Å². The normalized spacial score (nSPS) is 15.6. The van der Waals surface area contributed by atoms with Gasteiger partial charge in [-0.25, -0.2) is 8.42 Å². The van der Waals surface area contributed by atoms with E-state index in [0.717, 1.165) is 25.7 Å². The monoisotopic (exact) mass is 494 g/mol. The van der Waals surface area contributed by atoms with E-state index in [9.17, 15) is 23.1 Å². The first-order valence-electron chi connectivity index (χ1n) is 10.7. The Hall–Kier alpha value is -2.62. The smallest absolute Gasteiger partial charge is 0.326 e. The van der Waals surface area contributed by atoms with E-state index in [2.05, 4.69) is 10.0 Å². The Bertz CT molecular complexity index is 1100. The number of ether oxygens (including phenoxy) is 1. The van der Waals surface area contributed by atoms with Gasteiger partial charge in [0.2, 0.25) is 10.0 Å². The zero-order valence-electron chi connectivity index (χ0n) is 18.2. The lowest BCUT2D eigenvalue weighted by molar-refractivity contribution is -0.139. The molecule has 0 heterocycles. The van der Waals surface area contributed by atoms with Gasteiger partial charge in [0, 0.05) is 12.1 Å². The number of carboxylic acids is 1. The summed E-state index contributed by atoms with van der Waals surface area (Å²) in [6.07, 6.45) is 5.20. The number of aryl methyl sites for hydroxylation is 1. The van der Waals surface area contributed by atoms with E-state index in [-0.39, 0.29) is 39.8 Å². The molecule has 1 amide bonds. The number of carbonyl (C=O) groups is 2. The van der Waals surface area contributed by atoms with E-state index < -0.39 is 22.0 Å². The summed E-state index contributed by atoms with van der Waals surface area (Å²) in [5.41, 5.74) is 0.815. The molecule has 8 nitrogen and oxygen atoms in total. The first-order chi connectivity index (χ1) is 15.7. The van der Waals surface area contributed by atoms with E-state index in [1.54, 1.807) is 25.1 Å². The maximum atomic E-state index is 13.0. The van der Waals surface area contributed by atoms with Gasteiger partial charge in [-0.15, -0.1) is 0 Å². The molecule has 0 radical (unpaired) electrons. The van der Waals surface area contributed by atoms with Crippen LogP contribution in [-0.4, -0.2) is 38.0 Å². The van der Waals surface area contributed by atoms with Gasteiger partial charge in [0.15, 0.2) is 6.61 Å². The van der Waals surface area contributed by atoms with Gasteiger partial charge in [-0.05, 0) is 37.0 Å². The summed E-state index contributed by atoms with van der Waals surface area (Å²) in [5, 5.41) is 12.4. The van der Waals surface area contributed by atoms with Crippen molar-refractivity contribution >= 4 is 33.5 Å². The van der Waals surface area contributed by atoms with Gasteiger partial charge in [0.05, 0.1) is 5.02 Å². The molecule has 10 heteroatoms. The van der Waals surface area contributed by atoms with E-state index in [0.29, 0.717) is 5.56 Å². The minimum absolute atomic E-state index is 0.0868. The van der Waals surface area contributed by atoms with Crippen LogP contribution in [0.25, 0.3) is 0 Å². The summed E-state index contributed by atoms with van der Waals surface area (Å²) in [5.74, 6) is -1.47. The maximum Gasteiger partial charge on any atom is 0.326 e. The van der Waals surface area contributed by atoms with Crippen molar-refractivity contribution in [3.8, 4) is 5.75 Å². The topological polar surface area (TPSA) is 122 Å². The van der Waals surface area contributed by atoms with Gasteiger partial charge in [-0.2, -0.15) is 4.72 Å². The van der Waals surface area contributed by atoms with Crippen LogP contribution < -0.4 is 14.8 Å². The number of benzene rings is 2. The molecule has 2 aromatic carbocycles. The number of carboxylic acid groups (broad SMARTS) is 1. The van der Waals surface area contributed by atoms with Crippen LogP contribution in [0.2, 0.25) is 5.02 Å². The molecular weight excluding hydrogens is 468 g/mol. The number of aliphatic carboxylic acids is 1. The molecule has 1 unspecified atom stereocenters. The van der Waals surface area contributed by atoms with Gasteiger partial charge in [0.25, 0.3) is 5.91 Å². The number of carbonyl (C=O) groups excluding carboxylic acids is 1. The van der Waals surface area contributed by atoms with Crippen LogP contribution in [0.5, 0.6) is 5.75 Å². The van der Waals surface area contributed by atoms with Crippen LogP contribution >= 0.6 is 11.6 Å². The minimum atomic E-state index is -4.33. The van der Waals surface area contributed by atoms with Crippen molar-refractivity contribution in [3.63, 3.8) is 0 Å². The quantitative estimate of drug-likeness (QED) is 0.489. The van der Waals surface area contributed by atoms with Crippen molar-refractivity contribution in [2.45, 2.75) is 56.0 Å². The summed E-state index contributed by atoms with van der Waals surface area (Å²) < 4.78 is 33.8. The second-order valence-corrected chi connectivity index (χ2v) is 10.1. The molecule has 1 saturated carbocycles. The lowest BCUT2D eigenvalue weighted by atomic mass is 9.95. The zero-order chi connectivity index (χ0) is 24.0. The van der Waals surface area contributed by atoms with Crippen LogP contribution in [0.3, 0.4) is 0 Å². The average Bonchev–Trinajstić information content (AvgIpc) is 2.78. The Morgan fingerprint density at radius 3 is 2.45 bits per heavy atom. The average molecular weight is 495 g/mol. The SMILES string of the molecule is Cc1cc(Cl)c(S(=O)(=O)NC(C(=O)O)c2ccccc2)cc1OCC(=O)NC1CCCCC1. The summed E-state index contributed by atoms with van der Waals surface area (Å²) in [7, 11) is -4.33. The molecule has 178 valence electrons. The lowest BCUT2D eigenvalue weighted by Crippen LogP contribution is -2.39. The van der Waals surface area contributed by atoms with Crippen molar-refractivity contribution in [1.82, 2.24) is 10.0 Å². The second-order valence-electron chi connectivity index (χ2n) is 8.04. The Labute approximate surface area is 198 Å². The summed E-state index contributed by atoms with van der Waals surface area (Å²) in [4.78, 5) is 23.7. The molecule has 1 aliphatic carbocycles. The highest BCUT2D eigenvalue weighted by molar-refractivity contribution is 7.89. The standard InChI is InChI=1S/C23H27ClN2O6S/c1-15-12-18(24)20(13-19(15)32-14-21(27)25-17-10-6-3-7-11-17)33(30,31)26-22(23(28)29)16-8-4-2-5-9-16/h2,4-5,8-9,12-13,17,22,26H,3,6-7,10-11,14H2,1H3,(H,25,27)(H,28,29). The molecule has 1 atom stereocenters. The number of sulfonamides is 1. The molecule has 0 spiro atoms. The molecule has 1 aliphatic rings. The predicted molar refractivity (Wildman–Crippen MR) is 124 cm³/mol. The van der Waals surface area contributed by atoms with Crippen LogP contribution in [-0.2, 0) is 19.6 Å². The van der Waals surface area contributed by atoms with Crippen LogP contribution in [0.15, 0.2) is 47.4 Å². The van der Waals surface area contributed by atoms with Gasteiger partial charge < -0.3 is 15.2 Å². The Balaban J connectivity index is 1.76. The molecule has 33 heavy (non-hydrogen) atoms. The van der Waals surface area contributed by atoms with E-state index in [1.807, 2.05) is 0 Å². The number of hydrogen-bond acceptors (Lipinski definition) is 5. The minimum Gasteiger partial charge on any atom is -0.483 e. The highest BCUT2D eigenvalue weighted by atomic mass is 35.5. The number of halogens is 1. The van der Waals surface area contributed by atoms with E-state index in [4.69, 9.17) is 16.3 Å². The van der Waals surface area contributed by atoms with E-state index >= 15 is 0 Å². The van der Waals surface area contributed by atoms with Gasteiger partial charge in [0.1, 0.15) is 16.7 Å². The van der Waals surface area contributed by atoms with Crippen LogP contribution in [0.1, 0.15) is 49.3 Å². The van der Waals surface area contributed by atoms with Crippen molar-refractivity contribution in [1.29, 1.82) is 0 Å². The van der Waals surface area contributed by atoms with Gasteiger partial charge in [-0.1, -0.05) is 61.2 Å². The molecule has 0 saturated heterocycles. The summed E-state index contributed by atoms with van der Waals surface area (Å²) in [6.45, 7) is 1.40. The Morgan fingerprint density at radius 2 is 1.82 bits per heavy atom. The zero-order valence-corrected chi connectivity index (χ0v) is 19.8. The fourth-order valence-corrected chi connectivity index (χ4v) is 5.56. The second kappa shape index (κ2) is 11.0. The lowest BCUT2D eigenvalue weighted by Gasteiger charge is -2.23. The van der Waals surface area contributed by atoms with E-state index in [1.165, 1.54) is 30.7 Å². The molecule has 3 rings (SSSR count). The highest BCUT2D eigenvalue weighted by Gasteiger charge is 2.29. The number of nitrogens with one attached hydrogen (secondary N) is 2. The largest absolute Gasteiger partial charge is 0.483 e.